The third-order valence-corrected chi connectivity index (χ3v) is 8.27. The molecule has 43 heavy (non-hydrogen) atoms. The Morgan fingerprint density at radius 1 is 1.09 bits per heavy atom. The second kappa shape index (κ2) is 11.8. The standard InChI is InChI=1S/C32H35F2N7O2/c1-18(33)29(19(2)43-35)24-16-26-23(17-27(24)42-4)30-31(21-7-9-36-25-6-5-20(34)15-22(21)25)38-28(39-32(30)37-26)8-10-41-13-11-40(3)12-14-41/h5-7,9,15-18H,8,10-14,35H2,1-4H3,(H,37,38,39). The first-order valence-corrected chi connectivity index (χ1v) is 14.3. The molecule has 5 aromatic rings. The Balaban J connectivity index is 1.57. The summed E-state index contributed by atoms with van der Waals surface area (Å²) in [5.41, 5.74) is 4.20. The van der Waals surface area contributed by atoms with Crippen LogP contribution in [0.2, 0.25) is 0 Å². The highest BCUT2D eigenvalue weighted by atomic mass is 19.1. The van der Waals surface area contributed by atoms with Gasteiger partial charge in [-0.15, -0.1) is 0 Å². The van der Waals surface area contributed by atoms with Gasteiger partial charge in [-0.2, -0.15) is 5.90 Å². The number of benzene rings is 2. The van der Waals surface area contributed by atoms with E-state index in [0.29, 0.717) is 51.3 Å². The molecule has 1 aliphatic rings. The van der Waals surface area contributed by atoms with E-state index in [-0.39, 0.29) is 17.1 Å². The molecule has 9 nitrogen and oxygen atoms in total. The number of hydrogen-bond acceptors (Lipinski definition) is 8. The van der Waals surface area contributed by atoms with Crippen LogP contribution in [0.1, 0.15) is 25.2 Å². The molecule has 6 rings (SSSR count). The molecule has 3 aromatic heterocycles. The third kappa shape index (κ3) is 5.51. The van der Waals surface area contributed by atoms with Gasteiger partial charge < -0.3 is 24.4 Å². The summed E-state index contributed by atoms with van der Waals surface area (Å²) in [6.45, 7) is 7.89. The first-order valence-electron chi connectivity index (χ1n) is 14.3. The first kappa shape index (κ1) is 28.9. The third-order valence-electron chi connectivity index (χ3n) is 8.27. The van der Waals surface area contributed by atoms with Gasteiger partial charge in [-0.1, -0.05) is 0 Å². The lowest BCUT2D eigenvalue weighted by Crippen LogP contribution is -2.45. The predicted octanol–water partition coefficient (Wildman–Crippen LogP) is 5.24. The first-order chi connectivity index (χ1) is 20.8. The van der Waals surface area contributed by atoms with Gasteiger partial charge in [0.25, 0.3) is 0 Å². The number of nitrogens with zero attached hydrogens (tertiary/aromatic N) is 5. The number of likely N-dealkylation sites (N-methyl/N-ethyl adjacent to an activating group) is 1. The van der Waals surface area contributed by atoms with Gasteiger partial charge in [0.1, 0.15) is 35.0 Å². The fourth-order valence-corrected chi connectivity index (χ4v) is 5.96. The molecule has 0 radical (unpaired) electrons. The fraction of sp³-hybridized carbons (Fsp3) is 0.344. The molecule has 1 aliphatic heterocycles. The molecule has 2 aromatic carbocycles. The smallest absolute Gasteiger partial charge is 0.142 e. The number of hydrogen-bond donors (Lipinski definition) is 2. The second-order valence-electron chi connectivity index (χ2n) is 11.1. The van der Waals surface area contributed by atoms with Crippen LogP contribution in [0.25, 0.3) is 49.7 Å². The van der Waals surface area contributed by atoms with Crippen molar-refractivity contribution in [2.24, 2.45) is 5.90 Å². The van der Waals surface area contributed by atoms with E-state index in [1.165, 1.54) is 26.2 Å². The average Bonchev–Trinajstić information content (AvgIpc) is 3.36. The summed E-state index contributed by atoms with van der Waals surface area (Å²) in [6.07, 6.45) is 0.984. The lowest BCUT2D eigenvalue weighted by Gasteiger charge is -2.32. The molecule has 1 atom stereocenters. The Bertz CT molecular complexity index is 1850. The van der Waals surface area contributed by atoms with E-state index in [1.807, 2.05) is 18.2 Å². The van der Waals surface area contributed by atoms with Crippen LogP contribution in [0.3, 0.4) is 0 Å². The molecule has 0 spiro atoms. The van der Waals surface area contributed by atoms with E-state index in [1.54, 1.807) is 19.2 Å². The van der Waals surface area contributed by atoms with Crippen molar-refractivity contribution in [1.82, 2.24) is 29.7 Å². The molecule has 11 heteroatoms. The Hall–Kier alpha value is -4.19. The van der Waals surface area contributed by atoms with Gasteiger partial charge in [0, 0.05) is 78.3 Å². The van der Waals surface area contributed by atoms with Crippen LogP contribution in [0.4, 0.5) is 8.78 Å². The minimum absolute atomic E-state index is 0.251. The number of alkyl halides is 1. The summed E-state index contributed by atoms with van der Waals surface area (Å²) >= 11 is 0. The highest BCUT2D eigenvalue weighted by Crippen LogP contribution is 2.41. The summed E-state index contributed by atoms with van der Waals surface area (Å²) in [7, 11) is 3.67. The van der Waals surface area contributed by atoms with Crippen molar-refractivity contribution in [1.29, 1.82) is 0 Å². The number of nitrogens with one attached hydrogen (secondary N) is 1. The van der Waals surface area contributed by atoms with Crippen LogP contribution in [0.15, 0.2) is 48.4 Å². The number of halogens is 2. The van der Waals surface area contributed by atoms with Gasteiger partial charge in [-0.3, -0.25) is 4.98 Å². The molecule has 1 saturated heterocycles. The van der Waals surface area contributed by atoms with Crippen molar-refractivity contribution in [3.05, 3.63) is 65.6 Å². The maximum Gasteiger partial charge on any atom is 0.142 e. The number of pyridine rings is 1. The van der Waals surface area contributed by atoms with Crippen LogP contribution in [-0.4, -0.2) is 82.8 Å². The van der Waals surface area contributed by atoms with E-state index in [9.17, 15) is 8.78 Å². The van der Waals surface area contributed by atoms with Crippen molar-refractivity contribution < 1.29 is 18.4 Å². The SMILES string of the molecule is COc1cc2c(cc1C(=C(C)ON)C(C)F)[nH]c1nc(CCN3CCN(C)CC3)nc(-c3ccnc4ccc(F)cc34)c12. The topological polar surface area (TPSA) is 105 Å². The van der Waals surface area contributed by atoms with Gasteiger partial charge in [0.2, 0.25) is 0 Å². The lowest BCUT2D eigenvalue weighted by atomic mass is 9.97. The van der Waals surface area contributed by atoms with Crippen molar-refractivity contribution >= 4 is 38.4 Å². The van der Waals surface area contributed by atoms with E-state index >= 15 is 0 Å². The van der Waals surface area contributed by atoms with Crippen molar-refractivity contribution in [3.8, 4) is 17.0 Å². The molecule has 0 aliphatic carbocycles. The number of aromatic nitrogens is 4. The minimum Gasteiger partial charge on any atom is -0.496 e. The summed E-state index contributed by atoms with van der Waals surface area (Å²) in [5, 5.41) is 2.19. The van der Waals surface area contributed by atoms with Gasteiger partial charge in [-0.05, 0) is 57.3 Å². The maximum absolute atomic E-state index is 14.9. The Labute approximate surface area is 248 Å². The van der Waals surface area contributed by atoms with E-state index in [0.717, 1.165) is 49.1 Å². The van der Waals surface area contributed by atoms with Crippen LogP contribution in [0, 0.1) is 5.82 Å². The quantitative estimate of drug-likeness (QED) is 0.188. The number of nitrogens with two attached hydrogens (primary N) is 1. The zero-order chi connectivity index (χ0) is 30.2. The van der Waals surface area contributed by atoms with Gasteiger partial charge in [-0.25, -0.2) is 18.7 Å². The molecule has 0 saturated carbocycles. The normalized spacial score (nSPS) is 16.2. The number of piperazine rings is 1. The Morgan fingerprint density at radius 2 is 1.88 bits per heavy atom. The largest absolute Gasteiger partial charge is 0.496 e. The molecule has 3 N–H and O–H groups in total. The summed E-state index contributed by atoms with van der Waals surface area (Å²) in [4.78, 5) is 27.6. The van der Waals surface area contributed by atoms with Crippen molar-refractivity contribution in [2.45, 2.75) is 26.4 Å². The van der Waals surface area contributed by atoms with Gasteiger partial charge in [0.15, 0.2) is 0 Å². The number of allylic oxidation sites excluding steroid dienone is 2. The van der Waals surface area contributed by atoms with E-state index < -0.39 is 6.17 Å². The molecule has 0 bridgehead atoms. The van der Waals surface area contributed by atoms with Gasteiger partial charge >= 0.3 is 0 Å². The van der Waals surface area contributed by atoms with Crippen molar-refractivity contribution in [2.75, 3.05) is 46.9 Å². The highest BCUT2D eigenvalue weighted by Gasteiger charge is 2.24. The van der Waals surface area contributed by atoms with Crippen LogP contribution < -0.4 is 10.6 Å². The molecule has 224 valence electrons. The molecular formula is C32H35F2N7O2. The summed E-state index contributed by atoms with van der Waals surface area (Å²) in [5.74, 6) is 6.44. The number of aromatic amines is 1. The van der Waals surface area contributed by atoms with Crippen LogP contribution in [-0.2, 0) is 11.3 Å². The zero-order valence-corrected chi connectivity index (χ0v) is 24.7. The Kier molecular flexibility index (Phi) is 7.95. The summed E-state index contributed by atoms with van der Waals surface area (Å²) < 4.78 is 35.1. The minimum atomic E-state index is -1.37. The molecule has 4 heterocycles. The molecule has 1 fully saturated rings. The van der Waals surface area contributed by atoms with Crippen LogP contribution in [0.5, 0.6) is 5.75 Å². The van der Waals surface area contributed by atoms with E-state index in [4.69, 9.17) is 25.4 Å². The van der Waals surface area contributed by atoms with Crippen molar-refractivity contribution in [3.63, 3.8) is 0 Å². The number of ether oxygens (including phenoxy) is 1. The predicted molar refractivity (Wildman–Crippen MR) is 165 cm³/mol. The number of fused-ring (bicyclic) bond motifs is 4. The monoisotopic (exact) mass is 587 g/mol. The molecule has 0 amide bonds. The van der Waals surface area contributed by atoms with E-state index in [2.05, 4.69) is 26.8 Å². The van der Waals surface area contributed by atoms with Crippen LogP contribution >= 0.6 is 0 Å². The van der Waals surface area contributed by atoms with Gasteiger partial charge in [0.05, 0.1) is 23.7 Å². The number of H-pyrrole nitrogens is 1. The fourth-order valence-electron chi connectivity index (χ4n) is 5.96. The Morgan fingerprint density at radius 3 is 2.60 bits per heavy atom. The maximum atomic E-state index is 14.9. The zero-order valence-electron chi connectivity index (χ0n) is 24.7. The number of methoxy groups -OCH3 is 1. The average molecular weight is 588 g/mol. The molecular weight excluding hydrogens is 552 g/mol. The second-order valence-corrected chi connectivity index (χ2v) is 11.1. The highest BCUT2D eigenvalue weighted by molar-refractivity contribution is 6.15. The number of rotatable bonds is 8. The molecule has 1 unspecified atom stereocenters. The summed E-state index contributed by atoms with van der Waals surface area (Å²) in [6, 6.07) is 10.1. The lowest BCUT2D eigenvalue weighted by molar-refractivity contribution is 0.155.